The smallest absolute Gasteiger partial charge is 0.142 e. The highest BCUT2D eigenvalue weighted by Gasteiger charge is 2.17. The van der Waals surface area contributed by atoms with Gasteiger partial charge in [-0.2, -0.15) is 0 Å². The first kappa shape index (κ1) is 9.49. The maximum absolute atomic E-state index is 5.58. The van der Waals surface area contributed by atoms with Crippen LogP contribution in [0.2, 0.25) is 0 Å². The van der Waals surface area contributed by atoms with E-state index in [0.717, 1.165) is 21.2 Å². The minimum atomic E-state index is 0.660. The zero-order valence-corrected chi connectivity index (χ0v) is 10.4. The van der Waals surface area contributed by atoms with Crippen molar-refractivity contribution in [2.45, 2.75) is 6.54 Å². The molecule has 1 aromatic rings. The van der Waals surface area contributed by atoms with Gasteiger partial charge in [0.05, 0.1) is 4.47 Å². The van der Waals surface area contributed by atoms with Gasteiger partial charge < -0.3 is 4.74 Å². The second-order valence-electron chi connectivity index (χ2n) is 3.16. The summed E-state index contributed by atoms with van der Waals surface area (Å²) in [5, 5.41) is 0. The summed E-state index contributed by atoms with van der Waals surface area (Å²) in [7, 11) is 2.04. The number of rotatable bonds is 0. The van der Waals surface area contributed by atoms with Crippen LogP contribution in [0.4, 0.5) is 0 Å². The lowest BCUT2D eigenvalue weighted by molar-refractivity contribution is 0.120. The average molecular weight is 307 g/mol. The number of halogens is 2. The van der Waals surface area contributed by atoms with Crippen molar-refractivity contribution in [3.63, 3.8) is 0 Å². The number of hydrogen-bond donors (Lipinski definition) is 0. The number of ether oxygens (including phenoxy) is 1. The minimum absolute atomic E-state index is 0.660. The van der Waals surface area contributed by atoms with Crippen LogP contribution in [0.3, 0.4) is 0 Å². The molecule has 2 rings (SSSR count). The summed E-state index contributed by atoms with van der Waals surface area (Å²) >= 11 is 6.94. The molecule has 2 nitrogen and oxygen atoms in total. The highest BCUT2D eigenvalue weighted by atomic mass is 79.9. The van der Waals surface area contributed by atoms with Gasteiger partial charge in [-0.15, -0.1) is 0 Å². The van der Waals surface area contributed by atoms with Gasteiger partial charge in [-0.25, -0.2) is 0 Å². The predicted molar refractivity (Wildman–Crippen MR) is 58.8 cm³/mol. The fraction of sp³-hybridized carbons (Fsp3) is 0.333. The molecular formula is C9H9Br2NO. The van der Waals surface area contributed by atoms with Gasteiger partial charge in [0.25, 0.3) is 0 Å². The van der Waals surface area contributed by atoms with E-state index in [0.29, 0.717) is 6.73 Å². The third-order valence-corrected chi connectivity index (χ3v) is 3.00. The van der Waals surface area contributed by atoms with Crippen LogP contribution in [0.5, 0.6) is 5.75 Å². The number of benzene rings is 1. The molecule has 70 valence electrons. The van der Waals surface area contributed by atoms with E-state index in [9.17, 15) is 0 Å². The van der Waals surface area contributed by atoms with Gasteiger partial charge in [0.15, 0.2) is 0 Å². The Labute approximate surface area is 94.1 Å². The molecule has 0 spiro atoms. The van der Waals surface area contributed by atoms with Crippen molar-refractivity contribution in [1.29, 1.82) is 0 Å². The Kier molecular flexibility index (Phi) is 2.62. The first-order valence-corrected chi connectivity index (χ1v) is 5.54. The van der Waals surface area contributed by atoms with Gasteiger partial charge in [-0.3, -0.25) is 4.90 Å². The topological polar surface area (TPSA) is 12.5 Å². The fourth-order valence-electron chi connectivity index (χ4n) is 1.40. The molecule has 0 aromatic heterocycles. The Bertz CT molecular complexity index is 341. The molecule has 0 saturated carbocycles. The quantitative estimate of drug-likeness (QED) is 0.730. The van der Waals surface area contributed by atoms with Crippen LogP contribution in [0.25, 0.3) is 0 Å². The summed E-state index contributed by atoms with van der Waals surface area (Å²) < 4.78 is 7.68. The van der Waals surface area contributed by atoms with Gasteiger partial charge in [0.1, 0.15) is 12.5 Å². The minimum Gasteiger partial charge on any atom is -0.477 e. The zero-order valence-electron chi connectivity index (χ0n) is 7.18. The van der Waals surface area contributed by atoms with Gasteiger partial charge in [-0.05, 0) is 35.1 Å². The molecule has 0 unspecified atom stereocenters. The molecular weight excluding hydrogens is 298 g/mol. The van der Waals surface area contributed by atoms with E-state index in [1.54, 1.807) is 0 Å². The lowest BCUT2D eigenvalue weighted by Crippen LogP contribution is -2.28. The van der Waals surface area contributed by atoms with Gasteiger partial charge in [-0.1, -0.05) is 15.9 Å². The number of fused-ring (bicyclic) bond motifs is 1. The maximum atomic E-state index is 5.58. The molecule has 0 aliphatic carbocycles. The lowest BCUT2D eigenvalue weighted by atomic mass is 10.2. The molecule has 1 aliphatic heterocycles. The predicted octanol–water partition coefficient (Wildman–Crippen LogP) is 2.99. The van der Waals surface area contributed by atoms with Crippen molar-refractivity contribution in [2.24, 2.45) is 0 Å². The van der Waals surface area contributed by atoms with E-state index in [1.807, 2.05) is 13.1 Å². The van der Waals surface area contributed by atoms with Crippen molar-refractivity contribution >= 4 is 31.9 Å². The highest BCUT2D eigenvalue weighted by molar-refractivity contribution is 9.11. The van der Waals surface area contributed by atoms with E-state index in [1.165, 1.54) is 5.56 Å². The summed E-state index contributed by atoms with van der Waals surface area (Å²) in [5.74, 6) is 0.973. The third kappa shape index (κ3) is 1.90. The molecule has 1 heterocycles. The van der Waals surface area contributed by atoms with Gasteiger partial charge in [0, 0.05) is 16.6 Å². The molecule has 13 heavy (non-hydrogen) atoms. The molecule has 0 radical (unpaired) electrons. The van der Waals surface area contributed by atoms with Gasteiger partial charge in [0.2, 0.25) is 0 Å². The monoisotopic (exact) mass is 305 g/mol. The molecule has 0 bridgehead atoms. The molecule has 0 saturated heterocycles. The van der Waals surface area contributed by atoms with E-state index in [2.05, 4.69) is 42.8 Å². The van der Waals surface area contributed by atoms with Crippen LogP contribution in [-0.2, 0) is 6.54 Å². The molecule has 0 fully saturated rings. The van der Waals surface area contributed by atoms with Crippen molar-refractivity contribution in [3.8, 4) is 5.75 Å². The Balaban J connectivity index is 2.47. The highest BCUT2D eigenvalue weighted by Crippen LogP contribution is 2.35. The van der Waals surface area contributed by atoms with Crippen LogP contribution >= 0.6 is 31.9 Å². The first-order valence-electron chi connectivity index (χ1n) is 3.96. The average Bonchev–Trinajstić information content (AvgIpc) is 2.02. The second-order valence-corrected chi connectivity index (χ2v) is 4.93. The Morgan fingerprint density at radius 2 is 2.15 bits per heavy atom. The Hall–Kier alpha value is -0.0600. The van der Waals surface area contributed by atoms with E-state index in [-0.39, 0.29) is 0 Å². The molecule has 4 heteroatoms. The van der Waals surface area contributed by atoms with E-state index in [4.69, 9.17) is 4.74 Å². The van der Waals surface area contributed by atoms with Crippen LogP contribution in [0.1, 0.15) is 5.56 Å². The number of nitrogens with zero attached hydrogens (tertiary/aromatic N) is 1. The molecule has 0 N–H and O–H groups in total. The third-order valence-electron chi connectivity index (χ3n) is 1.95. The Morgan fingerprint density at radius 1 is 1.38 bits per heavy atom. The van der Waals surface area contributed by atoms with E-state index < -0.39 is 0 Å². The lowest BCUT2D eigenvalue weighted by Gasteiger charge is -2.26. The van der Waals surface area contributed by atoms with E-state index >= 15 is 0 Å². The maximum Gasteiger partial charge on any atom is 0.142 e. The fourth-order valence-corrected chi connectivity index (χ4v) is 2.83. The second kappa shape index (κ2) is 3.59. The van der Waals surface area contributed by atoms with Crippen molar-refractivity contribution < 1.29 is 4.74 Å². The molecule has 1 aliphatic rings. The molecule has 0 amide bonds. The standard InChI is InChI=1S/C9H9Br2NO/c1-12-4-6-2-7(10)3-8(11)9(6)13-5-12/h2-3H,4-5H2,1H3. The summed E-state index contributed by atoms with van der Waals surface area (Å²) in [6.07, 6.45) is 0. The Morgan fingerprint density at radius 3 is 2.92 bits per heavy atom. The van der Waals surface area contributed by atoms with Crippen molar-refractivity contribution in [2.75, 3.05) is 13.8 Å². The SMILES string of the molecule is CN1COc2c(Br)cc(Br)cc2C1. The normalized spacial score (nSPS) is 16.5. The summed E-state index contributed by atoms with van der Waals surface area (Å²) in [4.78, 5) is 2.13. The van der Waals surface area contributed by atoms with Crippen molar-refractivity contribution in [3.05, 3.63) is 26.6 Å². The van der Waals surface area contributed by atoms with Crippen LogP contribution < -0.4 is 4.74 Å². The molecule has 0 atom stereocenters. The molecule has 1 aromatic carbocycles. The first-order chi connectivity index (χ1) is 6.16. The summed E-state index contributed by atoms with van der Waals surface area (Å²) in [6.45, 7) is 1.60. The van der Waals surface area contributed by atoms with Crippen LogP contribution in [0, 0.1) is 0 Å². The van der Waals surface area contributed by atoms with Crippen LogP contribution in [0.15, 0.2) is 21.1 Å². The van der Waals surface area contributed by atoms with Gasteiger partial charge >= 0.3 is 0 Å². The number of hydrogen-bond acceptors (Lipinski definition) is 2. The zero-order chi connectivity index (χ0) is 9.42. The van der Waals surface area contributed by atoms with Crippen LogP contribution in [-0.4, -0.2) is 18.7 Å². The summed E-state index contributed by atoms with van der Waals surface area (Å²) in [5.41, 5.74) is 1.22. The van der Waals surface area contributed by atoms with Crippen molar-refractivity contribution in [1.82, 2.24) is 4.90 Å². The summed E-state index contributed by atoms with van der Waals surface area (Å²) in [6, 6.07) is 4.10. The largest absolute Gasteiger partial charge is 0.477 e.